The van der Waals surface area contributed by atoms with Crippen LogP contribution in [0.2, 0.25) is 5.15 Å². The summed E-state index contributed by atoms with van der Waals surface area (Å²) in [5.41, 5.74) is 10.5. The van der Waals surface area contributed by atoms with Gasteiger partial charge in [-0.3, -0.25) is 15.6 Å². The van der Waals surface area contributed by atoms with Gasteiger partial charge >= 0.3 is 0 Å². The molecule has 1 heterocycles. The molecule has 0 saturated carbocycles. The molecule has 0 aliphatic heterocycles. The normalized spacial score (nSPS) is 9.38. The Labute approximate surface area is 79.5 Å². The molecular formula is C6H8ClN5O. The maximum absolute atomic E-state index is 10.5. The maximum atomic E-state index is 10.5. The van der Waals surface area contributed by atoms with Crippen LogP contribution in [-0.4, -0.2) is 15.9 Å². The number of nitrogen functional groups attached to an aromatic ring is 1. The largest absolute Gasteiger partial charge is 0.393 e. The van der Waals surface area contributed by atoms with Gasteiger partial charge in [-0.05, 0) is 0 Å². The molecule has 13 heavy (non-hydrogen) atoms. The topological polar surface area (TPSA) is 92.9 Å². The van der Waals surface area contributed by atoms with Crippen molar-refractivity contribution in [1.29, 1.82) is 0 Å². The van der Waals surface area contributed by atoms with Gasteiger partial charge in [0.1, 0.15) is 12.0 Å². The number of anilines is 2. The van der Waals surface area contributed by atoms with E-state index < -0.39 is 0 Å². The van der Waals surface area contributed by atoms with Crippen molar-refractivity contribution >= 4 is 29.0 Å². The number of nitrogens with two attached hydrogens (primary N) is 1. The molecule has 0 radical (unpaired) electrons. The first-order valence-electron chi connectivity index (χ1n) is 3.40. The second kappa shape index (κ2) is 3.90. The average Bonchev–Trinajstić information content (AvgIpc) is 2.07. The summed E-state index contributed by atoms with van der Waals surface area (Å²) in [5, 5.41) is 0.142. The van der Waals surface area contributed by atoms with Gasteiger partial charge in [0.2, 0.25) is 5.91 Å². The van der Waals surface area contributed by atoms with Crippen molar-refractivity contribution in [3.05, 3.63) is 11.5 Å². The number of nitrogens with one attached hydrogen (secondary N) is 2. The minimum atomic E-state index is -0.255. The summed E-state index contributed by atoms with van der Waals surface area (Å²) >= 11 is 5.60. The second-order valence-corrected chi connectivity index (χ2v) is 2.59. The third kappa shape index (κ3) is 2.45. The lowest BCUT2D eigenvalue weighted by Gasteiger charge is -2.07. The fourth-order valence-corrected chi connectivity index (χ4v) is 0.754. The monoisotopic (exact) mass is 201 g/mol. The molecule has 0 spiro atoms. The molecule has 0 atom stereocenters. The number of hydrogen-bond acceptors (Lipinski definition) is 5. The molecule has 0 unspecified atom stereocenters. The number of hydrazine groups is 1. The highest BCUT2D eigenvalue weighted by atomic mass is 35.5. The van der Waals surface area contributed by atoms with Gasteiger partial charge in [-0.2, -0.15) is 0 Å². The summed E-state index contributed by atoms with van der Waals surface area (Å²) in [5.74, 6) is 0.0179. The Hall–Kier alpha value is -1.56. The third-order valence-electron chi connectivity index (χ3n) is 1.19. The van der Waals surface area contributed by atoms with Crippen molar-refractivity contribution in [3.8, 4) is 0 Å². The van der Waals surface area contributed by atoms with Crippen molar-refractivity contribution in [2.45, 2.75) is 6.92 Å². The second-order valence-electron chi connectivity index (χ2n) is 2.23. The zero-order chi connectivity index (χ0) is 9.84. The van der Waals surface area contributed by atoms with Gasteiger partial charge in [0.15, 0.2) is 11.0 Å². The molecule has 1 rings (SSSR count). The molecule has 1 amide bonds. The van der Waals surface area contributed by atoms with E-state index in [0.29, 0.717) is 0 Å². The predicted octanol–water partition coefficient (Wildman–Crippen LogP) is 0.175. The van der Waals surface area contributed by atoms with Crippen molar-refractivity contribution in [1.82, 2.24) is 15.4 Å². The van der Waals surface area contributed by atoms with E-state index in [-0.39, 0.29) is 22.6 Å². The average molecular weight is 202 g/mol. The van der Waals surface area contributed by atoms with Crippen molar-refractivity contribution in [2.24, 2.45) is 0 Å². The third-order valence-corrected chi connectivity index (χ3v) is 1.49. The fraction of sp³-hybridized carbons (Fsp3) is 0.167. The zero-order valence-corrected chi connectivity index (χ0v) is 7.59. The molecule has 0 aliphatic rings. The Balaban J connectivity index is 2.77. The maximum Gasteiger partial charge on any atom is 0.235 e. The number of halogens is 1. The highest BCUT2D eigenvalue weighted by Gasteiger charge is 2.04. The molecule has 0 bridgehead atoms. The molecule has 0 aromatic carbocycles. The quantitative estimate of drug-likeness (QED) is 0.469. The van der Waals surface area contributed by atoms with Crippen LogP contribution in [0.25, 0.3) is 0 Å². The Morgan fingerprint density at radius 1 is 1.62 bits per heavy atom. The lowest BCUT2D eigenvalue weighted by molar-refractivity contribution is -0.118. The number of amides is 1. The van der Waals surface area contributed by atoms with E-state index in [9.17, 15) is 4.79 Å². The van der Waals surface area contributed by atoms with E-state index in [4.69, 9.17) is 17.3 Å². The van der Waals surface area contributed by atoms with Crippen LogP contribution in [0.15, 0.2) is 6.33 Å². The van der Waals surface area contributed by atoms with Crippen LogP contribution < -0.4 is 16.6 Å². The standard InChI is InChI=1S/C6H8ClN5O/c1-3(13)11-12-6-4(8)5(7)9-2-10-6/h2H,8H2,1H3,(H,11,13)(H,9,10,12). The molecule has 0 aliphatic carbocycles. The van der Waals surface area contributed by atoms with Crippen molar-refractivity contribution < 1.29 is 4.79 Å². The highest BCUT2D eigenvalue weighted by Crippen LogP contribution is 2.20. The number of nitrogens with zero attached hydrogens (tertiary/aromatic N) is 2. The molecule has 1 aromatic heterocycles. The van der Waals surface area contributed by atoms with Gasteiger partial charge in [-0.1, -0.05) is 11.6 Å². The van der Waals surface area contributed by atoms with Gasteiger partial charge < -0.3 is 5.73 Å². The van der Waals surface area contributed by atoms with Crippen LogP contribution in [0.1, 0.15) is 6.92 Å². The van der Waals surface area contributed by atoms with E-state index in [0.717, 1.165) is 0 Å². The predicted molar refractivity (Wildman–Crippen MR) is 48.9 cm³/mol. The first kappa shape index (κ1) is 9.53. The molecule has 7 heteroatoms. The van der Waals surface area contributed by atoms with Crippen LogP contribution in [0.3, 0.4) is 0 Å². The van der Waals surface area contributed by atoms with Gasteiger partial charge in [0.25, 0.3) is 0 Å². The molecule has 0 fully saturated rings. The number of hydrogen-bond donors (Lipinski definition) is 3. The summed E-state index contributed by atoms with van der Waals surface area (Å²) in [6.07, 6.45) is 1.24. The summed E-state index contributed by atoms with van der Waals surface area (Å²) in [7, 11) is 0. The molecular weight excluding hydrogens is 194 g/mol. The minimum absolute atomic E-state index is 0.142. The first-order chi connectivity index (χ1) is 6.11. The van der Waals surface area contributed by atoms with Gasteiger partial charge in [0.05, 0.1) is 0 Å². The van der Waals surface area contributed by atoms with Crippen molar-refractivity contribution in [2.75, 3.05) is 11.2 Å². The van der Waals surface area contributed by atoms with E-state index in [2.05, 4.69) is 20.8 Å². The fourth-order valence-electron chi connectivity index (χ4n) is 0.621. The van der Waals surface area contributed by atoms with Crippen LogP contribution in [0.5, 0.6) is 0 Å². The lowest BCUT2D eigenvalue weighted by Crippen LogP contribution is -2.27. The Kier molecular flexibility index (Phi) is 2.86. The van der Waals surface area contributed by atoms with Crippen LogP contribution in [0, 0.1) is 0 Å². The van der Waals surface area contributed by atoms with Gasteiger partial charge in [-0.15, -0.1) is 0 Å². The van der Waals surface area contributed by atoms with Gasteiger partial charge in [0, 0.05) is 6.92 Å². The summed E-state index contributed by atoms with van der Waals surface area (Å²) < 4.78 is 0. The van der Waals surface area contributed by atoms with Gasteiger partial charge in [-0.25, -0.2) is 9.97 Å². The highest BCUT2D eigenvalue weighted by molar-refractivity contribution is 6.32. The van der Waals surface area contributed by atoms with Crippen LogP contribution >= 0.6 is 11.6 Å². The van der Waals surface area contributed by atoms with Crippen LogP contribution in [0.4, 0.5) is 11.5 Å². The summed E-state index contributed by atoms with van der Waals surface area (Å²) in [4.78, 5) is 17.9. The molecule has 4 N–H and O–H groups in total. The summed E-state index contributed by atoms with van der Waals surface area (Å²) in [6.45, 7) is 1.35. The number of aromatic nitrogens is 2. The Bertz CT molecular complexity index is 329. The van der Waals surface area contributed by atoms with Crippen LogP contribution in [-0.2, 0) is 4.79 Å². The number of carbonyl (C=O) groups is 1. The molecule has 0 saturated heterocycles. The van der Waals surface area contributed by atoms with Crippen molar-refractivity contribution in [3.63, 3.8) is 0 Å². The van der Waals surface area contributed by atoms with E-state index in [1.165, 1.54) is 13.3 Å². The zero-order valence-electron chi connectivity index (χ0n) is 6.84. The number of carbonyl (C=O) groups excluding carboxylic acids is 1. The smallest absolute Gasteiger partial charge is 0.235 e. The Morgan fingerprint density at radius 2 is 2.31 bits per heavy atom. The van der Waals surface area contributed by atoms with E-state index in [1.54, 1.807) is 0 Å². The first-order valence-corrected chi connectivity index (χ1v) is 3.77. The minimum Gasteiger partial charge on any atom is -0.393 e. The summed E-state index contributed by atoms with van der Waals surface area (Å²) in [6, 6.07) is 0. The lowest BCUT2D eigenvalue weighted by atomic mass is 10.5. The van der Waals surface area contributed by atoms with E-state index >= 15 is 0 Å². The van der Waals surface area contributed by atoms with E-state index in [1.807, 2.05) is 0 Å². The number of rotatable bonds is 2. The SMILES string of the molecule is CC(=O)NNc1ncnc(Cl)c1N. The molecule has 70 valence electrons. The Morgan fingerprint density at radius 3 is 2.92 bits per heavy atom. The molecule has 1 aromatic rings. The molecule has 6 nitrogen and oxygen atoms in total.